The number of anilines is 1. The van der Waals surface area contributed by atoms with E-state index >= 15 is 0 Å². The summed E-state index contributed by atoms with van der Waals surface area (Å²) in [6.07, 6.45) is -2.46. The first-order valence-corrected chi connectivity index (χ1v) is 6.90. The van der Waals surface area contributed by atoms with Crippen molar-refractivity contribution in [2.75, 3.05) is 25.0 Å². The van der Waals surface area contributed by atoms with Gasteiger partial charge >= 0.3 is 6.18 Å². The van der Waals surface area contributed by atoms with Gasteiger partial charge in [-0.1, -0.05) is 6.92 Å². The van der Waals surface area contributed by atoms with Crippen molar-refractivity contribution in [1.29, 1.82) is 5.26 Å². The third-order valence-electron chi connectivity index (χ3n) is 3.98. The highest BCUT2D eigenvalue weighted by molar-refractivity contribution is 5.53. The Morgan fingerprint density at radius 3 is 2.57 bits per heavy atom. The Morgan fingerprint density at radius 2 is 2.00 bits per heavy atom. The molecule has 21 heavy (non-hydrogen) atoms. The van der Waals surface area contributed by atoms with Gasteiger partial charge in [0.05, 0.1) is 17.2 Å². The van der Waals surface area contributed by atoms with E-state index in [0.29, 0.717) is 12.2 Å². The van der Waals surface area contributed by atoms with Crippen LogP contribution >= 0.6 is 0 Å². The zero-order chi connectivity index (χ0) is 15.5. The van der Waals surface area contributed by atoms with Gasteiger partial charge in [0.15, 0.2) is 0 Å². The lowest BCUT2D eigenvalue weighted by atomic mass is 9.81. The normalized spacial score (nSPS) is 18.0. The fourth-order valence-electron chi connectivity index (χ4n) is 2.52. The van der Waals surface area contributed by atoms with Crippen LogP contribution in [0.25, 0.3) is 0 Å². The number of alkyl halides is 3. The minimum absolute atomic E-state index is 0.126. The van der Waals surface area contributed by atoms with Crippen molar-refractivity contribution in [2.45, 2.75) is 25.9 Å². The van der Waals surface area contributed by atoms with Crippen LogP contribution in [0.1, 0.15) is 30.9 Å². The average Bonchev–Trinajstić information content (AvgIpc) is 2.44. The van der Waals surface area contributed by atoms with E-state index in [2.05, 4.69) is 17.6 Å². The number of rotatable bonds is 3. The van der Waals surface area contributed by atoms with Gasteiger partial charge in [0.2, 0.25) is 0 Å². The largest absolute Gasteiger partial charge is 0.417 e. The van der Waals surface area contributed by atoms with Gasteiger partial charge in [-0.05, 0) is 49.5 Å². The smallest absolute Gasteiger partial charge is 0.384 e. The third-order valence-corrected chi connectivity index (χ3v) is 3.98. The molecule has 1 aromatic carbocycles. The molecular formula is C15H18F3N3. The van der Waals surface area contributed by atoms with Gasteiger partial charge in [-0.15, -0.1) is 0 Å². The number of benzene rings is 1. The van der Waals surface area contributed by atoms with E-state index < -0.39 is 11.7 Å². The number of hydrogen-bond donors (Lipinski definition) is 2. The average molecular weight is 297 g/mol. The molecule has 1 aliphatic rings. The van der Waals surface area contributed by atoms with Crippen molar-refractivity contribution >= 4 is 5.69 Å². The second kappa shape index (κ2) is 5.94. The van der Waals surface area contributed by atoms with E-state index in [1.54, 1.807) is 6.07 Å². The van der Waals surface area contributed by atoms with E-state index in [0.717, 1.165) is 32.0 Å². The first-order chi connectivity index (χ1) is 9.84. The summed E-state index contributed by atoms with van der Waals surface area (Å²) < 4.78 is 38.2. The predicted molar refractivity (Wildman–Crippen MR) is 74.9 cm³/mol. The molecule has 114 valence electrons. The lowest BCUT2D eigenvalue weighted by molar-refractivity contribution is -0.137. The molecule has 0 radical (unpaired) electrons. The predicted octanol–water partition coefficient (Wildman–Crippen LogP) is 3.38. The Morgan fingerprint density at radius 1 is 1.33 bits per heavy atom. The number of nitrogens with zero attached hydrogens (tertiary/aromatic N) is 1. The number of piperidine rings is 1. The SMILES string of the molecule is CC1(CNc2ccc(C(F)(F)F)c(C#N)c2)CCNCC1. The van der Waals surface area contributed by atoms with E-state index in [4.69, 9.17) is 5.26 Å². The third kappa shape index (κ3) is 3.88. The van der Waals surface area contributed by atoms with Gasteiger partial charge in [0.25, 0.3) is 0 Å². The van der Waals surface area contributed by atoms with Crippen LogP contribution in [0.3, 0.4) is 0 Å². The zero-order valence-electron chi connectivity index (χ0n) is 11.8. The summed E-state index contributed by atoms with van der Waals surface area (Å²) in [6, 6.07) is 5.24. The molecule has 0 aliphatic carbocycles. The monoisotopic (exact) mass is 297 g/mol. The highest BCUT2D eigenvalue weighted by Crippen LogP contribution is 2.33. The molecule has 0 aromatic heterocycles. The number of nitriles is 1. The minimum atomic E-state index is -4.50. The van der Waals surface area contributed by atoms with Gasteiger partial charge in [0.1, 0.15) is 0 Å². The van der Waals surface area contributed by atoms with Crippen molar-refractivity contribution in [2.24, 2.45) is 5.41 Å². The van der Waals surface area contributed by atoms with Crippen molar-refractivity contribution in [3.8, 4) is 6.07 Å². The number of hydrogen-bond acceptors (Lipinski definition) is 3. The standard InChI is InChI=1S/C15H18F3N3/c1-14(4-6-20-7-5-14)10-21-12-2-3-13(15(16,17)18)11(8-12)9-19/h2-3,8,20-21H,4-7,10H2,1H3. The summed E-state index contributed by atoms with van der Waals surface area (Å²) in [5.41, 5.74) is -0.549. The molecule has 3 nitrogen and oxygen atoms in total. The molecule has 1 fully saturated rings. The first-order valence-electron chi connectivity index (χ1n) is 6.90. The summed E-state index contributed by atoms with van der Waals surface area (Å²) in [5, 5.41) is 15.3. The summed E-state index contributed by atoms with van der Waals surface area (Å²) in [6.45, 7) is 4.75. The van der Waals surface area contributed by atoms with Crippen LogP contribution in [0.4, 0.5) is 18.9 Å². The van der Waals surface area contributed by atoms with Crippen LogP contribution in [0.2, 0.25) is 0 Å². The van der Waals surface area contributed by atoms with Gasteiger partial charge in [0, 0.05) is 12.2 Å². The van der Waals surface area contributed by atoms with Crippen LogP contribution in [0, 0.1) is 16.7 Å². The molecule has 0 unspecified atom stereocenters. The van der Waals surface area contributed by atoms with Crippen molar-refractivity contribution < 1.29 is 13.2 Å². The second-order valence-electron chi connectivity index (χ2n) is 5.78. The van der Waals surface area contributed by atoms with Crippen LogP contribution in [-0.2, 0) is 6.18 Å². The summed E-state index contributed by atoms with van der Waals surface area (Å²) in [7, 11) is 0. The quantitative estimate of drug-likeness (QED) is 0.899. The van der Waals surface area contributed by atoms with E-state index in [9.17, 15) is 13.2 Å². The highest BCUT2D eigenvalue weighted by Gasteiger charge is 2.33. The highest BCUT2D eigenvalue weighted by atomic mass is 19.4. The summed E-state index contributed by atoms with van der Waals surface area (Å²) in [4.78, 5) is 0. The Balaban J connectivity index is 2.10. The van der Waals surface area contributed by atoms with Crippen molar-refractivity contribution in [1.82, 2.24) is 5.32 Å². The Bertz CT molecular complexity index is 540. The van der Waals surface area contributed by atoms with Crippen LogP contribution in [0.5, 0.6) is 0 Å². The molecule has 2 rings (SSSR count). The van der Waals surface area contributed by atoms with Gasteiger partial charge in [-0.3, -0.25) is 0 Å². The molecule has 0 amide bonds. The maximum Gasteiger partial charge on any atom is 0.417 e. The van der Waals surface area contributed by atoms with Crippen LogP contribution in [-0.4, -0.2) is 19.6 Å². The zero-order valence-corrected chi connectivity index (χ0v) is 11.8. The van der Waals surface area contributed by atoms with Crippen LogP contribution < -0.4 is 10.6 Å². The Kier molecular flexibility index (Phi) is 4.43. The lowest BCUT2D eigenvalue weighted by Crippen LogP contribution is -2.39. The second-order valence-corrected chi connectivity index (χ2v) is 5.78. The molecule has 0 saturated carbocycles. The minimum Gasteiger partial charge on any atom is -0.384 e. The van der Waals surface area contributed by atoms with E-state index in [1.165, 1.54) is 12.1 Å². The summed E-state index contributed by atoms with van der Waals surface area (Å²) >= 11 is 0. The molecule has 6 heteroatoms. The molecule has 0 atom stereocenters. The molecular weight excluding hydrogens is 279 g/mol. The first kappa shape index (κ1) is 15.6. The lowest BCUT2D eigenvalue weighted by Gasteiger charge is -2.34. The maximum atomic E-state index is 12.7. The molecule has 1 aliphatic heterocycles. The van der Waals surface area contributed by atoms with E-state index in [1.807, 2.05) is 0 Å². The molecule has 1 aromatic rings. The number of halogens is 3. The summed E-state index contributed by atoms with van der Waals surface area (Å²) in [5.74, 6) is 0. The van der Waals surface area contributed by atoms with E-state index in [-0.39, 0.29) is 11.0 Å². The maximum absolute atomic E-state index is 12.7. The number of nitrogens with one attached hydrogen (secondary N) is 2. The Hall–Kier alpha value is -1.74. The molecule has 2 N–H and O–H groups in total. The molecule has 1 saturated heterocycles. The van der Waals surface area contributed by atoms with Gasteiger partial charge in [-0.2, -0.15) is 18.4 Å². The molecule has 0 bridgehead atoms. The molecule has 0 spiro atoms. The van der Waals surface area contributed by atoms with Gasteiger partial charge < -0.3 is 10.6 Å². The van der Waals surface area contributed by atoms with Crippen LogP contribution in [0.15, 0.2) is 18.2 Å². The van der Waals surface area contributed by atoms with Crippen molar-refractivity contribution in [3.05, 3.63) is 29.3 Å². The fourth-order valence-corrected chi connectivity index (χ4v) is 2.52. The topological polar surface area (TPSA) is 47.9 Å². The fraction of sp³-hybridized carbons (Fsp3) is 0.533. The Labute approximate surface area is 122 Å². The van der Waals surface area contributed by atoms with Gasteiger partial charge in [-0.25, -0.2) is 0 Å². The molecule has 1 heterocycles. The van der Waals surface area contributed by atoms with Crippen molar-refractivity contribution in [3.63, 3.8) is 0 Å².